The fourth-order valence-corrected chi connectivity index (χ4v) is 3.63. The van der Waals surface area contributed by atoms with Gasteiger partial charge in [0.15, 0.2) is 0 Å². The van der Waals surface area contributed by atoms with Crippen molar-refractivity contribution in [1.82, 2.24) is 5.32 Å². The SMILES string of the molecule is CC1CCCC(NCC2CCCC2CO)CC1. The highest BCUT2D eigenvalue weighted by molar-refractivity contribution is 4.81. The molecule has 0 aromatic rings. The Morgan fingerprint density at radius 1 is 0.941 bits per heavy atom. The summed E-state index contributed by atoms with van der Waals surface area (Å²) in [7, 11) is 0. The maximum Gasteiger partial charge on any atom is 0.0462 e. The highest BCUT2D eigenvalue weighted by Gasteiger charge is 2.27. The lowest BCUT2D eigenvalue weighted by molar-refractivity contribution is 0.189. The van der Waals surface area contributed by atoms with E-state index >= 15 is 0 Å². The maximum atomic E-state index is 9.33. The lowest BCUT2D eigenvalue weighted by Gasteiger charge is -2.22. The van der Waals surface area contributed by atoms with Crippen molar-refractivity contribution in [3.05, 3.63) is 0 Å². The van der Waals surface area contributed by atoms with Gasteiger partial charge in [0.05, 0.1) is 0 Å². The monoisotopic (exact) mass is 239 g/mol. The number of hydrogen-bond donors (Lipinski definition) is 2. The van der Waals surface area contributed by atoms with Crippen molar-refractivity contribution < 1.29 is 5.11 Å². The Kier molecular flexibility index (Phi) is 5.30. The van der Waals surface area contributed by atoms with Gasteiger partial charge in [-0.15, -0.1) is 0 Å². The molecule has 0 aromatic carbocycles. The summed E-state index contributed by atoms with van der Waals surface area (Å²) in [6.07, 6.45) is 10.8. The summed E-state index contributed by atoms with van der Waals surface area (Å²) in [6.45, 7) is 3.93. The van der Waals surface area contributed by atoms with E-state index < -0.39 is 0 Å². The van der Waals surface area contributed by atoms with Gasteiger partial charge in [0.2, 0.25) is 0 Å². The smallest absolute Gasteiger partial charge is 0.0462 e. The summed E-state index contributed by atoms with van der Waals surface area (Å²) in [5.74, 6) is 2.24. The molecular weight excluding hydrogens is 210 g/mol. The summed E-state index contributed by atoms with van der Waals surface area (Å²) < 4.78 is 0. The number of hydrogen-bond acceptors (Lipinski definition) is 2. The van der Waals surface area contributed by atoms with Crippen LogP contribution in [0.3, 0.4) is 0 Å². The van der Waals surface area contributed by atoms with Gasteiger partial charge in [-0.2, -0.15) is 0 Å². The molecule has 2 nitrogen and oxygen atoms in total. The third-order valence-electron chi connectivity index (χ3n) is 4.98. The van der Waals surface area contributed by atoms with E-state index in [1.54, 1.807) is 0 Å². The lowest BCUT2D eigenvalue weighted by atomic mass is 9.96. The molecule has 0 heterocycles. The Hall–Kier alpha value is -0.0800. The van der Waals surface area contributed by atoms with E-state index in [4.69, 9.17) is 0 Å². The Labute approximate surface area is 106 Å². The van der Waals surface area contributed by atoms with Gasteiger partial charge in [-0.05, 0) is 56.4 Å². The molecule has 2 saturated carbocycles. The van der Waals surface area contributed by atoms with Gasteiger partial charge in [0, 0.05) is 12.6 Å². The zero-order valence-electron chi connectivity index (χ0n) is 11.3. The summed E-state index contributed by atoms with van der Waals surface area (Å²) in [6, 6.07) is 0.750. The minimum Gasteiger partial charge on any atom is -0.396 e. The molecule has 2 aliphatic carbocycles. The topological polar surface area (TPSA) is 32.3 Å². The second kappa shape index (κ2) is 6.75. The largest absolute Gasteiger partial charge is 0.396 e. The van der Waals surface area contributed by atoms with Crippen molar-refractivity contribution in [2.45, 2.75) is 64.3 Å². The minimum atomic E-state index is 0.397. The molecule has 0 spiro atoms. The predicted molar refractivity (Wildman–Crippen MR) is 72.0 cm³/mol. The third kappa shape index (κ3) is 3.96. The molecule has 4 unspecified atom stereocenters. The molecule has 0 radical (unpaired) electrons. The van der Waals surface area contributed by atoms with E-state index in [2.05, 4.69) is 12.2 Å². The van der Waals surface area contributed by atoms with Gasteiger partial charge in [0.25, 0.3) is 0 Å². The number of nitrogens with one attached hydrogen (secondary N) is 1. The van der Waals surface area contributed by atoms with Crippen molar-refractivity contribution in [1.29, 1.82) is 0 Å². The van der Waals surface area contributed by atoms with Crippen molar-refractivity contribution in [3.63, 3.8) is 0 Å². The Morgan fingerprint density at radius 2 is 1.71 bits per heavy atom. The van der Waals surface area contributed by atoms with Gasteiger partial charge in [-0.3, -0.25) is 0 Å². The molecule has 4 atom stereocenters. The van der Waals surface area contributed by atoms with Crippen LogP contribution in [0.15, 0.2) is 0 Å². The molecule has 2 rings (SSSR count). The van der Waals surface area contributed by atoms with Gasteiger partial charge in [0.1, 0.15) is 0 Å². The first-order valence-corrected chi connectivity index (χ1v) is 7.64. The van der Waals surface area contributed by atoms with Crippen molar-refractivity contribution in [2.75, 3.05) is 13.2 Å². The standard InChI is InChI=1S/C15H29NO/c1-12-4-2-7-15(9-8-12)16-10-13-5-3-6-14(13)11-17/h12-17H,2-11H2,1H3. The van der Waals surface area contributed by atoms with Crippen LogP contribution in [0.4, 0.5) is 0 Å². The van der Waals surface area contributed by atoms with E-state index in [-0.39, 0.29) is 0 Å². The third-order valence-corrected chi connectivity index (χ3v) is 4.98. The van der Waals surface area contributed by atoms with Crippen molar-refractivity contribution in [3.8, 4) is 0 Å². The van der Waals surface area contributed by atoms with Crippen LogP contribution in [-0.4, -0.2) is 24.3 Å². The first-order chi connectivity index (χ1) is 8.29. The lowest BCUT2D eigenvalue weighted by Crippen LogP contribution is -2.34. The molecule has 100 valence electrons. The van der Waals surface area contributed by atoms with Crippen LogP contribution in [-0.2, 0) is 0 Å². The van der Waals surface area contributed by atoms with Crippen molar-refractivity contribution >= 4 is 0 Å². The molecule has 17 heavy (non-hydrogen) atoms. The molecule has 2 N–H and O–H groups in total. The Bertz CT molecular complexity index is 219. The molecule has 2 fully saturated rings. The molecule has 2 aliphatic rings. The van der Waals surface area contributed by atoms with Gasteiger partial charge < -0.3 is 10.4 Å². The van der Waals surface area contributed by atoms with Crippen LogP contribution in [0.1, 0.15) is 58.3 Å². The highest BCUT2D eigenvalue weighted by Crippen LogP contribution is 2.31. The Balaban J connectivity index is 1.70. The second-order valence-corrected chi connectivity index (χ2v) is 6.35. The molecular formula is C15H29NO. The van der Waals surface area contributed by atoms with E-state index in [1.807, 2.05) is 0 Å². The Morgan fingerprint density at radius 3 is 2.53 bits per heavy atom. The summed E-state index contributed by atoms with van der Waals surface area (Å²) in [4.78, 5) is 0. The van der Waals surface area contributed by atoms with E-state index in [0.717, 1.165) is 24.4 Å². The van der Waals surface area contributed by atoms with Crippen LogP contribution in [0.2, 0.25) is 0 Å². The zero-order chi connectivity index (χ0) is 12.1. The second-order valence-electron chi connectivity index (χ2n) is 6.35. The van der Waals surface area contributed by atoms with Gasteiger partial charge >= 0.3 is 0 Å². The number of rotatable bonds is 4. The van der Waals surface area contributed by atoms with Gasteiger partial charge in [-0.25, -0.2) is 0 Å². The van der Waals surface area contributed by atoms with Crippen LogP contribution in [0.5, 0.6) is 0 Å². The molecule has 0 aliphatic heterocycles. The molecule has 0 aromatic heterocycles. The van der Waals surface area contributed by atoms with Crippen LogP contribution in [0, 0.1) is 17.8 Å². The van der Waals surface area contributed by atoms with Crippen LogP contribution in [0.25, 0.3) is 0 Å². The van der Waals surface area contributed by atoms with Crippen LogP contribution >= 0.6 is 0 Å². The van der Waals surface area contributed by atoms with E-state index in [9.17, 15) is 5.11 Å². The summed E-state index contributed by atoms with van der Waals surface area (Å²) >= 11 is 0. The average Bonchev–Trinajstić information content (AvgIpc) is 2.69. The minimum absolute atomic E-state index is 0.397. The molecule has 0 saturated heterocycles. The normalized spacial score (nSPS) is 39.2. The highest BCUT2D eigenvalue weighted by atomic mass is 16.3. The zero-order valence-corrected chi connectivity index (χ0v) is 11.3. The molecule has 0 amide bonds. The van der Waals surface area contributed by atoms with Crippen LogP contribution < -0.4 is 5.32 Å². The first kappa shape index (κ1) is 13.4. The number of aliphatic hydroxyl groups is 1. The van der Waals surface area contributed by atoms with E-state index in [0.29, 0.717) is 12.5 Å². The fraction of sp³-hybridized carbons (Fsp3) is 1.00. The average molecular weight is 239 g/mol. The fourth-order valence-electron chi connectivity index (χ4n) is 3.63. The van der Waals surface area contributed by atoms with Gasteiger partial charge in [-0.1, -0.05) is 26.2 Å². The quantitative estimate of drug-likeness (QED) is 0.739. The van der Waals surface area contributed by atoms with Crippen molar-refractivity contribution in [2.24, 2.45) is 17.8 Å². The first-order valence-electron chi connectivity index (χ1n) is 7.64. The van der Waals surface area contributed by atoms with E-state index in [1.165, 1.54) is 51.4 Å². The summed E-state index contributed by atoms with van der Waals surface area (Å²) in [5.41, 5.74) is 0. The predicted octanol–water partition coefficient (Wildman–Crippen LogP) is 2.95. The molecule has 0 bridgehead atoms. The maximum absolute atomic E-state index is 9.33. The molecule has 2 heteroatoms. The number of aliphatic hydroxyl groups excluding tert-OH is 1. The summed E-state index contributed by atoms with van der Waals surface area (Å²) in [5, 5.41) is 13.1.